The predicted molar refractivity (Wildman–Crippen MR) is 83.5 cm³/mol. The van der Waals surface area contributed by atoms with Crippen molar-refractivity contribution in [3.05, 3.63) is 52.1 Å². The number of ether oxygens (including phenoxy) is 2. The highest BCUT2D eigenvalue weighted by Crippen LogP contribution is 2.42. The molecule has 0 fully saturated rings. The van der Waals surface area contributed by atoms with Gasteiger partial charge in [-0.1, -0.05) is 6.07 Å². The van der Waals surface area contributed by atoms with Crippen LogP contribution < -0.4 is 14.4 Å². The van der Waals surface area contributed by atoms with Crippen molar-refractivity contribution < 1.29 is 23.6 Å². The number of benzene rings is 2. The second kappa shape index (κ2) is 6.15. The fraction of sp³-hybridized carbons (Fsp3) is 0.188. The number of nitrogens with zero attached hydrogens (tertiary/aromatic N) is 2. The number of methoxy groups -OCH3 is 1. The van der Waals surface area contributed by atoms with Crippen LogP contribution in [0.1, 0.15) is 5.56 Å². The van der Waals surface area contributed by atoms with Crippen LogP contribution >= 0.6 is 0 Å². The summed E-state index contributed by atoms with van der Waals surface area (Å²) in [5.74, 6) is 0.188. The van der Waals surface area contributed by atoms with E-state index in [0.717, 1.165) is 0 Å². The number of carbonyl (C=O) groups excluding carboxylic acids is 1. The summed E-state index contributed by atoms with van der Waals surface area (Å²) in [5.41, 5.74) is 1.06. The number of hydrogen-bond acceptors (Lipinski definition) is 5. The number of halogens is 1. The molecule has 2 aromatic carbocycles. The molecule has 8 heteroatoms. The van der Waals surface area contributed by atoms with Gasteiger partial charge in [0, 0.05) is 6.07 Å². The Morgan fingerprint density at radius 3 is 2.71 bits per heavy atom. The summed E-state index contributed by atoms with van der Waals surface area (Å²) >= 11 is 0. The number of fused-ring (bicyclic) bond motifs is 1. The Balaban J connectivity index is 2.12. The number of carbonyl (C=O) groups is 1. The lowest BCUT2D eigenvalue weighted by molar-refractivity contribution is -0.384. The molecule has 0 bridgehead atoms. The molecule has 0 spiro atoms. The van der Waals surface area contributed by atoms with Gasteiger partial charge in [-0.2, -0.15) is 0 Å². The number of anilines is 2. The first-order valence-electron chi connectivity index (χ1n) is 7.02. The van der Waals surface area contributed by atoms with Crippen molar-refractivity contribution in [3.63, 3.8) is 0 Å². The molecule has 0 radical (unpaired) electrons. The molecule has 0 aliphatic carbocycles. The van der Waals surface area contributed by atoms with E-state index >= 15 is 0 Å². The number of non-ortho nitro benzene ring substituents is 1. The Morgan fingerprint density at radius 2 is 2.04 bits per heavy atom. The monoisotopic (exact) mass is 332 g/mol. The van der Waals surface area contributed by atoms with Crippen molar-refractivity contribution in [3.8, 4) is 11.5 Å². The van der Waals surface area contributed by atoms with Crippen LogP contribution in [0.15, 0.2) is 36.4 Å². The average Bonchev–Trinajstić information content (AvgIpc) is 2.60. The minimum Gasteiger partial charge on any atom is -0.495 e. The van der Waals surface area contributed by atoms with Gasteiger partial charge in [-0.05, 0) is 23.8 Å². The third-order valence-electron chi connectivity index (χ3n) is 3.64. The molecule has 24 heavy (non-hydrogen) atoms. The van der Waals surface area contributed by atoms with E-state index in [2.05, 4.69) is 0 Å². The molecule has 0 unspecified atom stereocenters. The van der Waals surface area contributed by atoms with Gasteiger partial charge in [0.1, 0.15) is 12.4 Å². The average molecular weight is 332 g/mol. The second-order valence-corrected chi connectivity index (χ2v) is 5.07. The smallest absolute Gasteiger partial charge is 0.273 e. The highest BCUT2D eigenvalue weighted by Gasteiger charge is 2.30. The molecule has 7 nitrogen and oxygen atoms in total. The van der Waals surface area contributed by atoms with Crippen molar-refractivity contribution in [2.24, 2.45) is 0 Å². The van der Waals surface area contributed by atoms with Crippen LogP contribution in [0.25, 0.3) is 0 Å². The fourth-order valence-electron chi connectivity index (χ4n) is 2.51. The molecule has 0 N–H and O–H groups in total. The van der Waals surface area contributed by atoms with Crippen molar-refractivity contribution in [2.45, 2.75) is 6.67 Å². The van der Waals surface area contributed by atoms with E-state index in [9.17, 15) is 19.3 Å². The van der Waals surface area contributed by atoms with E-state index in [-0.39, 0.29) is 24.0 Å². The molecule has 0 aromatic heterocycles. The van der Waals surface area contributed by atoms with Crippen LogP contribution in [0.2, 0.25) is 0 Å². The number of alkyl halides is 1. The number of hydrogen-bond donors (Lipinski definition) is 0. The summed E-state index contributed by atoms with van der Waals surface area (Å²) in [6.07, 6.45) is 0. The van der Waals surface area contributed by atoms with Crippen molar-refractivity contribution in [1.29, 1.82) is 0 Å². The zero-order valence-corrected chi connectivity index (χ0v) is 12.7. The molecule has 3 rings (SSSR count). The van der Waals surface area contributed by atoms with Gasteiger partial charge in [0.25, 0.3) is 11.6 Å². The molecule has 1 heterocycles. The number of amides is 1. The summed E-state index contributed by atoms with van der Waals surface area (Å²) in [5, 5.41) is 10.9. The number of nitro groups is 1. The van der Waals surface area contributed by atoms with Gasteiger partial charge in [0.15, 0.2) is 12.4 Å². The summed E-state index contributed by atoms with van der Waals surface area (Å²) in [7, 11) is 1.42. The molecule has 1 aliphatic rings. The molecule has 1 aliphatic heterocycles. The first-order chi connectivity index (χ1) is 11.5. The molecule has 1 amide bonds. The van der Waals surface area contributed by atoms with Gasteiger partial charge < -0.3 is 9.47 Å². The van der Waals surface area contributed by atoms with Gasteiger partial charge in [0.05, 0.1) is 29.5 Å². The molecular weight excluding hydrogens is 319 g/mol. The van der Waals surface area contributed by atoms with Crippen LogP contribution in [0.5, 0.6) is 11.5 Å². The van der Waals surface area contributed by atoms with E-state index in [1.807, 2.05) is 0 Å². The Bertz CT molecular complexity index is 824. The Morgan fingerprint density at radius 1 is 1.29 bits per heavy atom. The van der Waals surface area contributed by atoms with Crippen molar-refractivity contribution in [1.82, 2.24) is 0 Å². The van der Waals surface area contributed by atoms with E-state index < -0.39 is 11.6 Å². The summed E-state index contributed by atoms with van der Waals surface area (Å²) in [6.45, 7) is -0.918. The summed E-state index contributed by atoms with van der Waals surface area (Å²) in [4.78, 5) is 24.0. The third-order valence-corrected chi connectivity index (χ3v) is 3.64. The molecule has 124 valence electrons. The maximum atomic E-state index is 12.8. The van der Waals surface area contributed by atoms with E-state index in [0.29, 0.717) is 22.7 Å². The lowest BCUT2D eigenvalue weighted by Crippen LogP contribution is -2.35. The minimum atomic E-state index is -0.656. The largest absolute Gasteiger partial charge is 0.495 e. The Kier molecular flexibility index (Phi) is 4.03. The first-order valence-corrected chi connectivity index (χ1v) is 7.02. The summed E-state index contributed by atoms with van der Waals surface area (Å²) in [6, 6.07) is 8.61. The van der Waals surface area contributed by atoms with Crippen LogP contribution in [0.3, 0.4) is 0 Å². The first kappa shape index (κ1) is 15.7. The Labute approximate surface area is 136 Å². The fourth-order valence-corrected chi connectivity index (χ4v) is 2.51. The Hall–Kier alpha value is -3.16. The summed E-state index contributed by atoms with van der Waals surface area (Å²) < 4.78 is 23.4. The SMILES string of the molecule is COc1cc(CF)ccc1N1C(=O)COc2cc([N+](=O)[O-])ccc21. The molecular formula is C16H13FN2O5. The van der Waals surface area contributed by atoms with Crippen molar-refractivity contribution in [2.75, 3.05) is 18.6 Å². The normalized spacial score (nSPS) is 13.2. The van der Waals surface area contributed by atoms with E-state index in [1.165, 1.54) is 36.3 Å². The van der Waals surface area contributed by atoms with Gasteiger partial charge >= 0.3 is 0 Å². The molecule has 0 atom stereocenters. The van der Waals surface area contributed by atoms with Crippen molar-refractivity contribution >= 4 is 23.0 Å². The minimum absolute atomic E-state index is 0.136. The predicted octanol–water partition coefficient (Wildman–Crippen LogP) is 3.13. The number of rotatable bonds is 4. The van der Waals surface area contributed by atoms with E-state index in [4.69, 9.17) is 9.47 Å². The quantitative estimate of drug-likeness (QED) is 0.634. The number of nitro benzene ring substituents is 1. The molecule has 0 saturated carbocycles. The zero-order chi connectivity index (χ0) is 17.3. The topological polar surface area (TPSA) is 81.9 Å². The third kappa shape index (κ3) is 2.62. The molecule has 0 saturated heterocycles. The lowest BCUT2D eigenvalue weighted by Gasteiger charge is -2.30. The van der Waals surface area contributed by atoms with Gasteiger partial charge in [-0.3, -0.25) is 19.8 Å². The van der Waals surface area contributed by atoms with Crippen LogP contribution in [-0.4, -0.2) is 24.5 Å². The van der Waals surface area contributed by atoms with Gasteiger partial charge in [-0.25, -0.2) is 4.39 Å². The van der Waals surface area contributed by atoms with Crippen LogP contribution in [-0.2, 0) is 11.5 Å². The zero-order valence-electron chi connectivity index (χ0n) is 12.7. The maximum absolute atomic E-state index is 12.8. The van der Waals surface area contributed by atoms with E-state index in [1.54, 1.807) is 12.1 Å². The van der Waals surface area contributed by atoms with Gasteiger partial charge in [0.2, 0.25) is 0 Å². The van der Waals surface area contributed by atoms with Crippen LogP contribution in [0, 0.1) is 10.1 Å². The van der Waals surface area contributed by atoms with Gasteiger partial charge in [-0.15, -0.1) is 0 Å². The highest BCUT2D eigenvalue weighted by atomic mass is 19.1. The maximum Gasteiger partial charge on any atom is 0.273 e. The standard InChI is InChI=1S/C16H13FN2O5/c1-23-14-6-10(8-17)2-4-12(14)18-13-5-3-11(19(21)22)7-15(13)24-9-16(18)20/h2-7H,8-9H2,1H3. The highest BCUT2D eigenvalue weighted by molar-refractivity contribution is 6.05. The van der Waals surface area contributed by atoms with Crippen LogP contribution in [0.4, 0.5) is 21.5 Å². The lowest BCUT2D eigenvalue weighted by atomic mass is 10.1. The second-order valence-electron chi connectivity index (χ2n) is 5.07. The molecule has 2 aromatic rings.